The number of rotatable bonds is 3. The highest BCUT2D eigenvalue weighted by molar-refractivity contribution is 5.62. The zero-order valence-electron chi connectivity index (χ0n) is 11.6. The Labute approximate surface area is 118 Å². The van der Waals surface area contributed by atoms with E-state index in [1.54, 1.807) is 12.5 Å². The molecule has 0 spiro atoms. The van der Waals surface area contributed by atoms with Gasteiger partial charge in [0, 0.05) is 39.4 Å². The summed E-state index contributed by atoms with van der Waals surface area (Å²) >= 11 is 0. The van der Waals surface area contributed by atoms with Crippen molar-refractivity contribution in [3.63, 3.8) is 0 Å². The third-order valence-corrected chi connectivity index (χ3v) is 3.66. The number of hydrogen-bond acceptors (Lipinski definition) is 6. The van der Waals surface area contributed by atoms with Gasteiger partial charge < -0.3 is 10.6 Å². The molecular formula is C13H19N7. The zero-order chi connectivity index (χ0) is 13.9. The summed E-state index contributed by atoms with van der Waals surface area (Å²) in [5.74, 6) is 1.89. The third kappa shape index (κ3) is 2.57. The molecule has 3 rings (SSSR count). The Balaban J connectivity index is 1.60. The summed E-state index contributed by atoms with van der Waals surface area (Å²) in [5.41, 5.74) is 6.72. The summed E-state index contributed by atoms with van der Waals surface area (Å²) < 4.78 is 1.82. The van der Waals surface area contributed by atoms with Gasteiger partial charge in [0.25, 0.3) is 0 Å². The second kappa shape index (κ2) is 5.46. The number of nitrogens with zero attached hydrogens (tertiary/aromatic N) is 6. The maximum Gasteiger partial charge on any atom is 0.151 e. The maximum absolute atomic E-state index is 5.98. The predicted molar refractivity (Wildman–Crippen MR) is 77.1 cm³/mol. The summed E-state index contributed by atoms with van der Waals surface area (Å²) in [7, 11) is 1.92. The van der Waals surface area contributed by atoms with Crippen LogP contribution in [0.15, 0.2) is 24.7 Å². The molecule has 0 saturated carbocycles. The van der Waals surface area contributed by atoms with E-state index in [9.17, 15) is 0 Å². The number of hydrogen-bond donors (Lipinski definition) is 1. The van der Waals surface area contributed by atoms with Crippen molar-refractivity contribution in [3.05, 3.63) is 30.5 Å². The monoisotopic (exact) mass is 273 g/mol. The van der Waals surface area contributed by atoms with E-state index in [2.05, 4.69) is 24.9 Å². The van der Waals surface area contributed by atoms with Crippen LogP contribution >= 0.6 is 0 Å². The van der Waals surface area contributed by atoms with Crippen LogP contribution in [0.2, 0.25) is 0 Å². The molecule has 2 aromatic heterocycles. The quantitative estimate of drug-likeness (QED) is 0.855. The topological polar surface area (TPSA) is 76.1 Å². The van der Waals surface area contributed by atoms with Crippen LogP contribution in [0.1, 0.15) is 5.82 Å². The molecule has 1 saturated heterocycles. The van der Waals surface area contributed by atoms with Crippen LogP contribution in [-0.4, -0.2) is 50.8 Å². The molecule has 0 radical (unpaired) electrons. The van der Waals surface area contributed by atoms with E-state index in [0.717, 1.165) is 50.1 Å². The van der Waals surface area contributed by atoms with E-state index in [-0.39, 0.29) is 0 Å². The first-order chi connectivity index (χ1) is 9.74. The lowest BCUT2D eigenvalue weighted by molar-refractivity contribution is 0.240. The largest absolute Gasteiger partial charge is 0.396 e. The molecule has 1 fully saturated rings. The van der Waals surface area contributed by atoms with Crippen molar-refractivity contribution >= 4 is 11.5 Å². The van der Waals surface area contributed by atoms with Gasteiger partial charge in [-0.25, -0.2) is 9.97 Å². The summed E-state index contributed by atoms with van der Waals surface area (Å²) in [6.45, 7) is 4.64. The van der Waals surface area contributed by atoms with E-state index in [1.807, 2.05) is 23.9 Å². The number of piperazine rings is 1. The van der Waals surface area contributed by atoms with Gasteiger partial charge in [0.2, 0.25) is 0 Å². The van der Waals surface area contributed by atoms with Crippen molar-refractivity contribution in [3.8, 4) is 0 Å². The zero-order valence-corrected chi connectivity index (χ0v) is 11.6. The number of aryl methyl sites for hydroxylation is 1. The lowest BCUT2D eigenvalue weighted by atomic mass is 10.3. The number of anilines is 2. The Morgan fingerprint density at radius 1 is 1.20 bits per heavy atom. The lowest BCUT2D eigenvalue weighted by Gasteiger charge is -2.35. The molecule has 20 heavy (non-hydrogen) atoms. The van der Waals surface area contributed by atoms with Crippen molar-refractivity contribution < 1.29 is 0 Å². The molecule has 2 N–H and O–H groups in total. The molecule has 1 aliphatic rings. The van der Waals surface area contributed by atoms with E-state index in [4.69, 9.17) is 5.73 Å². The van der Waals surface area contributed by atoms with Gasteiger partial charge in [0.05, 0.1) is 12.2 Å². The highest BCUT2D eigenvalue weighted by Crippen LogP contribution is 2.20. The maximum atomic E-state index is 5.98. The Morgan fingerprint density at radius 2 is 2.00 bits per heavy atom. The highest BCUT2D eigenvalue weighted by atomic mass is 15.3. The van der Waals surface area contributed by atoms with Crippen LogP contribution in [0.3, 0.4) is 0 Å². The van der Waals surface area contributed by atoms with E-state index in [0.29, 0.717) is 0 Å². The van der Waals surface area contributed by atoms with Gasteiger partial charge in [-0.1, -0.05) is 0 Å². The average Bonchev–Trinajstić information content (AvgIpc) is 2.86. The molecule has 106 valence electrons. The highest BCUT2D eigenvalue weighted by Gasteiger charge is 2.20. The number of aromatic nitrogens is 4. The van der Waals surface area contributed by atoms with Crippen molar-refractivity contribution in [2.75, 3.05) is 36.8 Å². The molecule has 0 bridgehead atoms. The van der Waals surface area contributed by atoms with Gasteiger partial charge in [-0.15, -0.1) is 0 Å². The van der Waals surface area contributed by atoms with Gasteiger partial charge in [0.15, 0.2) is 5.82 Å². The Hall–Kier alpha value is -2.15. The first-order valence-corrected chi connectivity index (χ1v) is 6.74. The standard InChI is InChI=1S/C13H19N7/c1-18-12(16-10-17-18)9-19-5-7-20(8-6-19)13-11(14)3-2-4-15-13/h2-4,10H,5-9,14H2,1H3. The van der Waals surface area contributed by atoms with Crippen LogP contribution in [0.4, 0.5) is 11.5 Å². The predicted octanol–water partition coefficient (Wildman–Crippen LogP) is 0.115. The molecular weight excluding hydrogens is 254 g/mol. The van der Waals surface area contributed by atoms with Crippen molar-refractivity contribution in [2.45, 2.75) is 6.54 Å². The van der Waals surface area contributed by atoms with Crippen LogP contribution in [0.25, 0.3) is 0 Å². The van der Waals surface area contributed by atoms with Crippen LogP contribution in [0, 0.1) is 0 Å². The number of pyridine rings is 1. The van der Waals surface area contributed by atoms with Gasteiger partial charge >= 0.3 is 0 Å². The fourth-order valence-electron chi connectivity index (χ4n) is 2.45. The van der Waals surface area contributed by atoms with Crippen molar-refractivity contribution in [1.29, 1.82) is 0 Å². The first-order valence-electron chi connectivity index (χ1n) is 6.74. The molecule has 0 aromatic carbocycles. The molecule has 3 heterocycles. The van der Waals surface area contributed by atoms with Crippen LogP contribution in [-0.2, 0) is 13.6 Å². The molecule has 0 aliphatic carbocycles. The summed E-state index contributed by atoms with van der Waals surface area (Å²) in [4.78, 5) is 13.3. The molecule has 0 unspecified atom stereocenters. The fourth-order valence-corrected chi connectivity index (χ4v) is 2.45. The molecule has 1 aliphatic heterocycles. The lowest BCUT2D eigenvalue weighted by Crippen LogP contribution is -2.46. The SMILES string of the molecule is Cn1ncnc1CN1CCN(c2ncccc2N)CC1. The Bertz CT molecular complexity index is 572. The van der Waals surface area contributed by atoms with Crippen molar-refractivity contribution in [2.24, 2.45) is 7.05 Å². The minimum Gasteiger partial charge on any atom is -0.396 e. The van der Waals surface area contributed by atoms with Gasteiger partial charge in [-0.05, 0) is 12.1 Å². The van der Waals surface area contributed by atoms with Gasteiger partial charge in [-0.3, -0.25) is 9.58 Å². The van der Waals surface area contributed by atoms with Crippen molar-refractivity contribution in [1.82, 2.24) is 24.6 Å². The minimum absolute atomic E-state index is 0.745. The smallest absolute Gasteiger partial charge is 0.151 e. The fraction of sp³-hybridized carbons (Fsp3) is 0.462. The summed E-state index contributed by atoms with van der Waals surface area (Å²) in [6, 6.07) is 3.76. The first kappa shape index (κ1) is 12.9. The third-order valence-electron chi connectivity index (χ3n) is 3.66. The van der Waals surface area contributed by atoms with E-state index >= 15 is 0 Å². The average molecular weight is 273 g/mol. The molecule has 7 heteroatoms. The molecule has 0 amide bonds. The number of nitrogen functional groups attached to an aromatic ring is 1. The number of nitrogens with two attached hydrogens (primary N) is 1. The Kier molecular flexibility index (Phi) is 3.51. The second-order valence-corrected chi connectivity index (χ2v) is 4.98. The van der Waals surface area contributed by atoms with E-state index in [1.165, 1.54) is 0 Å². The van der Waals surface area contributed by atoms with E-state index < -0.39 is 0 Å². The summed E-state index contributed by atoms with van der Waals surface area (Å²) in [6.07, 6.45) is 3.39. The summed E-state index contributed by atoms with van der Waals surface area (Å²) in [5, 5.41) is 4.10. The van der Waals surface area contributed by atoms with Crippen LogP contribution < -0.4 is 10.6 Å². The molecule has 2 aromatic rings. The van der Waals surface area contributed by atoms with Crippen LogP contribution in [0.5, 0.6) is 0 Å². The minimum atomic E-state index is 0.745. The van der Waals surface area contributed by atoms with Gasteiger partial charge in [-0.2, -0.15) is 5.10 Å². The van der Waals surface area contributed by atoms with Gasteiger partial charge in [0.1, 0.15) is 12.2 Å². The molecule has 7 nitrogen and oxygen atoms in total. The second-order valence-electron chi connectivity index (χ2n) is 4.98. The normalized spacial score (nSPS) is 16.6. The Morgan fingerprint density at radius 3 is 2.65 bits per heavy atom. The molecule has 0 atom stereocenters.